The van der Waals surface area contributed by atoms with Gasteiger partial charge in [-0.15, -0.1) is 0 Å². The minimum Gasteiger partial charge on any atom is -0.207 e. The van der Waals surface area contributed by atoms with Gasteiger partial charge in [-0.3, -0.25) is 0 Å². The van der Waals surface area contributed by atoms with E-state index in [9.17, 15) is 4.39 Å². The molecule has 1 aromatic rings. The molecule has 1 atom stereocenters. The van der Waals surface area contributed by atoms with E-state index in [1.54, 1.807) is 6.07 Å². The molecule has 11 heavy (non-hydrogen) atoms. The van der Waals surface area contributed by atoms with Crippen LogP contribution in [0.2, 0.25) is 0 Å². The molecule has 1 aromatic carbocycles. The van der Waals surface area contributed by atoms with Crippen LogP contribution in [0.15, 0.2) is 22.7 Å². The molecule has 0 aliphatic heterocycles. The summed E-state index contributed by atoms with van der Waals surface area (Å²) < 4.78 is 13.3. The summed E-state index contributed by atoms with van der Waals surface area (Å²) in [6.45, 7) is 1.95. The van der Waals surface area contributed by atoms with E-state index in [4.69, 9.17) is 0 Å². The first-order valence-electron chi connectivity index (χ1n) is 3.24. The third-order valence-electron chi connectivity index (χ3n) is 1.41. The average Bonchev–Trinajstić information content (AvgIpc) is 1.85. The van der Waals surface area contributed by atoms with Crippen LogP contribution >= 0.6 is 28.6 Å². The smallest absolute Gasteiger partial charge is 0.124 e. The zero-order chi connectivity index (χ0) is 8.43. The molecular formula is C8H8BrFS. The molecule has 1 rings (SSSR count). The molecule has 0 saturated heterocycles. The average molecular weight is 235 g/mol. The highest BCUT2D eigenvalue weighted by atomic mass is 79.9. The number of hydrogen-bond donors (Lipinski definition) is 1. The topological polar surface area (TPSA) is 0 Å². The van der Waals surface area contributed by atoms with Gasteiger partial charge in [0.25, 0.3) is 0 Å². The summed E-state index contributed by atoms with van der Waals surface area (Å²) in [6.07, 6.45) is 0. The Morgan fingerprint density at radius 2 is 2.18 bits per heavy atom. The van der Waals surface area contributed by atoms with Gasteiger partial charge in [-0.2, -0.15) is 12.6 Å². The van der Waals surface area contributed by atoms with Crippen LogP contribution in [0.5, 0.6) is 0 Å². The molecule has 0 N–H and O–H groups in total. The van der Waals surface area contributed by atoms with Crippen LogP contribution in [-0.2, 0) is 0 Å². The van der Waals surface area contributed by atoms with E-state index >= 15 is 0 Å². The van der Waals surface area contributed by atoms with Gasteiger partial charge in [0.05, 0.1) is 0 Å². The number of halogens is 2. The molecule has 0 aliphatic carbocycles. The maximum absolute atomic E-state index is 12.6. The first-order valence-corrected chi connectivity index (χ1v) is 4.55. The van der Waals surface area contributed by atoms with Crippen LogP contribution in [0.25, 0.3) is 0 Å². The van der Waals surface area contributed by atoms with Crippen LogP contribution in [0.3, 0.4) is 0 Å². The fourth-order valence-electron chi connectivity index (χ4n) is 0.840. The summed E-state index contributed by atoms with van der Waals surface area (Å²) >= 11 is 7.50. The van der Waals surface area contributed by atoms with Gasteiger partial charge in [0, 0.05) is 9.72 Å². The molecule has 0 heterocycles. The third kappa shape index (κ3) is 2.20. The minimum absolute atomic E-state index is 0.130. The normalized spacial score (nSPS) is 13.1. The van der Waals surface area contributed by atoms with Gasteiger partial charge in [0.2, 0.25) is 0 Å². The first-order chi connectivity index (χ1) is 5.11. The molecule has 3 heteroatoms. The Balaban J connectivity index is 3.09. The zero-order valence-electron chi connectivity index (χ0n) is 6.01. The van der Waals surface area contributed by atoms with Gasteiger partial charge in [0.15, 0.2) is 0 Å². The van der Waals surface area contributed by atoms with Gasteiger partial charge in [-0.05, 0) is 24.6 Å². The van der Waals surface area contributed by atoms with Crippen molar-refractivity contribution in [3.05, 3.63) is 34.1 Å². The Bertz CT molecular complexity index is 260. The Morgan fingerprint density at radius 3 is 2.64 bits per heavy atom. The first kappa shape index (κ1) is 9.07. The maximum atomic E-state index is 12.6. The molecule has 0 aromatic heterocycles. The largest absolute Gasteiger partial charge is 0.207 e. The van der Waals surface area contributed by atoms with Crippen LogP contribution in [0.1, 0.15) is 17.7 Å². The lowest BCUT2D eigenvalue weighted by molar-refractivity contribution is 0.626. The molecule has 0 saturated carbocycles. The van der Waals surface area contributed by atoms with E-state index in [1.807, 2.05) is 6.92 Å². The summed E-state index contributed by atoms with van der Waals surface area (Å²) in [5, 5.41) is 0.130. The summed E-state index contributed by atoms with van der Waals surface area (Å²) in [6, 6.07) is 4.62. The fraction of sp³-hybridized carbons (Fsp3) is 0.250. The quantitative estimate of drug-likeness (QED) is 0.706. The summed E-state index contributed by atoms with van der Waals surface area (Å²) in [4.78, 5) is 0. The Labute approximate surface area is 79.3 Å². The van der Waals surface area contributed by atoms with E-state index in [-0.39, 0.29) is 11.1 Å². The number of benzene rings is 1. The van der Waals surface area contributed by atoms with E-state index in [1.165, 1.54) is 12.1 Å². The SMILES string of the molecule is CC(S)c1ccc(F)cc1Br. The Hall–Kier alpha value is -0.0200. The fourth-order valence-corrected chi connectivity index (χ4v) is 1.94. The number of hydrogen-bond acceptors (Lipinski definition) is 1. The lowest BCUT2D eigenvalue weighted by Crippen LogP contribution is -1.86. The highest BCUT2D eigenvalue weighted by molar-refractivity contribution is 9.10. The predicted molar refractivity (Wildman–Crippen MR) is 51.5 cm³/mol. The number of rotatable bonds is 1. The molecule has 60 valence electrons. The molecular weight excluding hydrogens is 227 g/mol. The van der Waals surface area contributed by atoms with Gasteiger partial charge in [-0.1, -0.05) is 22.0 Å². The van der Waals surface area contributed by atoms with Crippen LogP contribution in [0.4, 0.5) is 4.39 Å². The van der Waals surface area contributed by atoms with Crippen molar-refractivity contribution in [2.45, 2.75) is 12.2 Å². The molecule has 0 amide bonds. The lowest BCUT2D eigenvalue weighted by atomic mass is 10.2. The second kappa shape index (κ2) is 3.59. The molecule has 0 bridgehead atoms. The van der Waals surface area contributed by atoms with Crippen LogP contribution in [-0.4, -0.2) is 0 Å². The summed E-state index contributed by atoms with van der Waals surface area (Å²) in [5.74, 6) is -0.227. The van der Waals surface area contributed by atoms with E-state index < -0.39 is 0 Å². The third-order valence-corrected chi connectivity index (χ3v) is 2.38. The maximum Gasteiger partial charge on any atom is 0.124 e. The van der Waals surface area contributed by atoms with E-state index in [2.05, 4.69) is 28.6 Å². The molecule has 0 fully saturated rings. The van der Waals surface area contributed by atoms with Gasteiger partial charge < -0.3 is 0 Å². The monoisotopic (exact) mass is 234 g/mol. The highest BCUT2D eigenvalue weighted by Crippen LogP contribution is 2.27. The predicted octanol–water partition coefficient (Wildman–Crippen LogP) is 3.58. The van der Waals surface area contributed by atoms with E-state index in [0.717, 1.165) is 10.0 Å². The number of thiol groups is 1. The molecule has 0 spiro atoms. The standard InChI is InChI=1S/C8H8BrFS/c1-5(11)7-3-2-6(10)4-8(7)9/h2-5,11H,1H3. The van der Waals surface area contributed by atoms with Crippen LogP contribution < -0.4 is 0 Å². The van der Waals surface area contributed by atoms with E-state index in [0.29, 0.717) is 0 Å². The minimum atomic E-state index is -0.227. The lowest BCUT2D eigenvalue weighted by Gasteiger charge is -2.06. The van der Waals surface area contributed by atoms with Crippen molar-refractivity contribution >= 4 is 28.6 Å². The van der Waals surface area contributed by atoms with Crippen molar-refractivity contribution in [3.8, 4) is 0 Å². The van der Waals surface area contributed by atoms with Crippen molar-refractivity contribution in [3.63, 3.8) is 0 Å². The van der Waals surface area contributed by atoms with Crippen molar-refractivity contribution in [1.29, 1.82) is 0 Å². The van der Waals surface area contributed by atoms with Crippen molar-refractivity contribution in [2.75, 3.05) is 0 Å². The second-order valence-corrected chi connectivity index (χ2v) is 3.97. The molecule has 0 aliphatic rings. The Morgan fingerprint density at radius 1 is 1.55 bits per heavy atom. The van der Waals surface area contributed by atoms with Crippen molar-refractivity contribution in [1.82, 2.24) is 0 Å². The Kier molecular flexibility index (Phi) is 2.96. The highest BCUT2D eigenvalue weighted by Gasteiger charge is 2.04. The second-order valence-electron chi connectivity index (χ2n) is 2.34. The summed E-state index contributed by atoms with van der Waals surface area (Å²) in [5.41, 5.74) is 1.01. The molecule has 1 unspecified atom stereocenters. The summed E-state index contributed by atoms with van der Waals surface area (Å²) in [7, 11) is 0. The van der Waals surface area contributed by atoms with Crippen LogP contribution in [0, 0.1) is 5.82 Å². The van der Waals surface area contributed by atoms with Gasteiger partial charge in [-0.25, -0.2) is 4.39 Å². The van der Waals surface area contributed by atoms with Crippen molar-refractivity contribution < 1.29 is 4.39 Å². The zero-order valence-corrected chi connectivity index (χ0v) is 8.49. The van der Waals surface area contributed by atoms with Crippen molar-refractivity contribution in [2.24, 2.45) is 0 Å². The van der Waals surface area contributed by atoms with Gasteiger partial charge >= 0.3 is 0 Å². The van der Waals surface area contributed by atoms with Gasteiger partial charge in [0.1, 0.15) is 5.82 Å². The molecule has 0 radical (unpaired) electrons. The molecule has 0 nitrogen and oxygen atoms in total.